The Balaban J connectivity index is 2.14. The standard InChI is InChI=1S/C13H20BrNO4S2/c1-4-19-11-6-10(13(11,2)3)15-21(17,18)9-5-8(7-16)20-12(9)14/h5,10-11,15-16H,4,6-7H2,1-3H3. The van der Waals surface area contributed by atoms with Crippen LogP contribution in [0.2, 0.25) is 0 Å². The molecule has 21 heavy (non-hydrogen) atoms. The number of aliphatic hydroxyl groups is 1. The lowest BCUT2D eigenvalue weighted by molar-refractivity contribution is -0.108. The molecule has 0 bridgehead atoms. The average molecular weight is 398 g/mol. The molecule has 5 nitrogen and oxygen atoms in total. The van der Waals surface area contributed by atoms with Gasteiger partial charge in [-0.3, -0.25) is 0 Å². The molecule has 0 spiro atoms. The second kappa shape index (κ2) is 6.25. The van der Waals surface area contributed by atoms with Crippen LogP contribution >= 0.6 is 27.3 Å². The maximum atomic E-state index is 12.5. The fraction of sp³-hybridized carbons (Fsp3) is 0.692. The Morgan fingerprint density at radius 1 is 1.57 bits per heavy atom. The molecule has 1 heterocycles. The monoisotopic (exact) mass is 397 g/mol. The lowest BCUT2D eigenvalue weighted by Gasteiger charge is -2.51. The van der Waals surface area contributed by atoms with E-state index in [2.05, 4.69) is 20.7 Å². The van der Waals surface area contributed by atoms with E-state index in [9.17, 15) is 8.42 Å². The predicted molar refractivity (Wildman–Crippen MR) is 85.9 cm³/mol. The second-order valence-corrected chi connectivity index (χ2v) is 9.82. The highest BCUT2D eigenvalue weighted by molar-refractivity contribution is 9.11. The summed E-state index contributed by atoms with van der Waals surface area (Å²) in [5, 5.41) is 9.12. The Bertz CT molecular complexity index is 612. The van der Waals surface area contributed by atoms with Gasteiger partial charge < -0.3 is 9.84 Å². The lowest BCUT2D eigenvalue weighted by atomic mass is 9.65. The molecule has 1 saturated carbocycles. The summed E-state index contributed by atoms with van der Waals surface area (Å²) in [5.74, 6) is 0. The predicted octanol–water partition coefficient (Wildman–Crippen LogP) is 2.48. The molecular formula is C13H20BrNO4S2. The number of aliphatic hydroxyl groups excluding tert-OH is 1. The van der Waals surface area contributed by atoms with Crippen molar-refractivity contribution in [3.05, 3.63) is 14.7 Å². The smallest absolute Gasteiger partial charge is 0.242 e. The zero-order valence-corrected chi connectivity index (χ0v) is 15.4. The first-order valence-corrected chi connectivity index (χ1v) is 9.84. The van der Waals surface area contributed by atoms with Gasteiger partial charge in [-0.05, 0) is 35.3 Å². The van der Waals surface area contributed by atoms with Gasteiger partial charge in [-0.1, -0.05) is 13.8 Å². The summed E-state index contributed by atoms with van der Waals surface area (Å²) >= 11 is 4.48. The first-order valence-electron chi connectivity index (χ1n) is 6.75. The first kappa shape index (κ1) is 17.4. The summed E-state index contributed by atoms with van der Waals surface area (Å²) in [6, 6.07) is 1.35. The van der Waals surface area contributed by atoms with Crippen LogP contribution < -0.4 is 4.72 Å². The van der Waals surface area contributed by atoms with E-state index in [0.29, 0.717) is 21.7 Å². The molecule has 2 rings (SSSR count). The highest BCUT2D eigenvalue weighted by atomic mass is 79.9. The third-order valence-electron chi connectivity index (χ3n) is 3.99. The molecule has 1 aliphatic rings. The van der Waals surface area contributed by atoms with Crippen molar-refractivity contribution in [1.82, 2.24) is 4.72 Å². The quantitative estimate of drug-likeness (QED) is 0.772. The minimum Gasteiger partial charge on any atom is -0.391 e. The van der Waals surface area contributed by atoms with E-state index in [-0.39, 0.29) is 29.1 Å². The van der Waals surface area contributed by atoms with Gasteiger partial charge in [-0.25, -0.2) is 13.1 Å². The second-order valence-electron chi connectivity index (χ2n) is 5.68. The van der Waals surface area contributed by atoms with E-state index >= 15 is 0 Å². The summed E-state index contributed by atoms with van der Waals surface area (Å²) in [7, 11) is -3.60. The largest absolute Gasteiger partial charge is 0.391 e. The van der Waals surface area contributed by atoms with Crippen LogP contribution in [0.5, 0.6) is 0 Å². The van der Waals surface area contributed by atoms with Crippen molar-refractivity contribution in [2.75, 3.05) is 6.61 Å². The summed E-state index contributed by atoms with van der Waals surface area (Å²) < 4.78 is 33.8. The van der Waals surface area contributed by atoms with Crippen molar-refractivity contribution in [2.24, 2.45) is 5.41 Å². The summed E-state index contributed by atoms with van der Waals surface area (Å²) in [4.78, 5) is 0.800. The van der Waals surface area contributed by atoms with E-state index in [0.717, 1.165) is 0 Å². The highest BCUT2D eigenvalue weighted by Crippen LogP contribution is 2.44. The van der Waals surface area contributed by atoms with Crippen LogP contribution in [0.4, 0.5) is 0 Å². The molecule has 0 saturated heterocycles. The number of halogens is 1. The van der Waals surface area contributed by atoms with E-state index in [1.165, 1.54) is 17.4 Å². The van der Waals surface area contributed by atoms with Crippen molar-refractivity contribution in [2.45, 2.75) is 50.8 Å². The molecule has 2 atom stereocenters. The van der Waals surface area contributed by atoms with Gasteiger partial charge in [-0.2, -0.15) is 0 Å². The van der Waals surface area contributed by atoms with Gasteiger partial charge in [0.05, 0.1) is 16.5 Å². The van der Waals surface area contributed by atoms with Gasteiger partial charge >= 0.3 is 0 Å². The van der Waals surface area contributed by atoms with Crippen LogP contribution in [-0.2, 0) is 21.4 Å². The van der Waals surface area contributed by atoms with E-state index in [1.54, 1.807) is 0 Å². The maximum absolute atomic E-state index is 12.5. The first-order chi connectivity index (χ1) is 9.72. The lowest BCUT2D eigenvalue weighted by Crippen LogP contribution is -2.61. The van der Waals surface area contributed by atoms with Crippen molar-refractivity contribution in [3.63, 3.8) is 0 Å². The van der Waals surface area contributed by atoms with Gasteiger partial charge in [0.25, 0.3) is 0 Å². The zero-order valence-electron chi connectivity index (χ0n) is 12.2. The molecule has 1 fully saturated rings. The number of hydrogen-bond acceptors (Lipinski definition) is 5. The number of hydrogen-bond donors (Lipinski definition) is 2. The average Bonchev–Trinajstić information content (AvgIpc) is 2.80. The van der Waals surface area contributed by atoms with Crippen LogP contribution in [0.1, 0.15) is 32.1 Å². The normalized spacial score (nSPS) is 24.8. The Morgan fingerprint density at radius 2 is 2.24 bits per heavy atom. The molecule has 8 heteroatoms. The summed E-state index contributed by atoms with van der Waals surface area (Å²) in [6.07, 6.45) is 0.753. The molecule has 120 valence electrons. The van der Waals surface area contributed by atoms with Gasteiger partial charge in [0.1, 0.15) is 4.90 Å². The van der Waals surface area contributed by atoms with Crippen molar-refractivity contribution in [3.8, 4) is 0 Å². The van der Waals surface area contributed by atoms with Crippen molar-refractivity contribution in [1.29, 1.82) is 0 Å². The fourth-order valence-corrected chi connectivity index (χ4v) is 6.43. The van der Waals surface area contributed by atoms with Gasteiger partial charge in [0.2, 0.25) is 10.0 Å². The molecule has 2 N–H and O–H groups in total. The number of ether oxygens (including phenoxy) is 1. The molecule has 1 aliphatic carbocycles. The van der Waals surface area contributed by atoms with E-state index < -0.39 is 10.0 Å². The maximum Gasteiger partial charge on any atom is 0.242 e. The topological polar surface area (TPSA) is 75.6 Å². The SMILES string of the molecule is CCOC1CC(NS(=O)(=O)c2cc(CO)sc2Br)C1(C)C. The number of rotatable bonds is 6. The third kappa shape index (κ3) is 3.35. The highest BCUT2D eigenvalue weighted by Gasteiger charge is 2.50. The summed E-state index contributed by atoms with van der Waals surface area (Å²) in [5.41, 5.74) is -0.231. The third-order valence-corrected chi connectivity index (χ3v) is 7.70. The van der Waals surface area contributed by atoms with Crippen LogP contribution in [-0.4, -0.2) is 32.3 Å². The summed E-state index contributed by atoms with van der Waals surface area (Å²) in [6.45, 7) is 6.41. The Labute approximate surface area is 137 Å². The number of sulfonamides is 1. The van der Waals surface area contributed by atoms with Crippen LogP contribution in [0.3, 0.4) is 0 Å². The molecule has 1 aromatic rings. The van der Waals surface area contributed by atoms with Crippen molar-refractivity contribution >= 4 is 37.3 Å². The van der Waals surface area contributed by atoms with Crippen molar-refractivity contribution < 1.29 is 18.3 Å². The minimum atomic E-state index is -3.60. The molecule has 1 aromatic heterocycles. The Hall–Kier alpha value is 0.01000. The molecule has 0 aromatic carbocycles. The van der Waals surface area contributed by atoms with E-state index in [1.807, 2.05) is 20.8 Å². The van der Waals surface area contributed by atoms with Crippen LogP contribution in [0, 0.1) is 5.41 Å². The van der Waals surface area contributed by atoms with E-state index in [4.69, 9.17) is 9.84 Å². The molecule has 0 amide bonds. The molecule has 2 unspecified atom stereocenters. The Kier molecular flexibility index (Phi) is 5.17. The van der Waals surface area contributed by atoms with Gasteiger partial charge in [-0.15, -0.1) is 11.3 Å². The molecular weight excluding hydrogens is 378 g/mol. The molecule has 0 aliphatic heterocycles. The van der Waals surface area contributed by atoms with Crippen LogP contribution in [0.25, 0.3) is 0 Å². The van der Waals surface area contributed by atoms with Gasteiger partial charge in [0, 0.05) is 22.9 Å². The Morgan fingerprint density at radius 3 is 2.71 bits per heavy atom. The fourth-order valence-electron chi connectivity index (χ4n) is 2.48. The minimum absolute atomic E-state index is 0.0779. The molecule has 0 radical (unpaired) electrons. The van der Waals surface area contributed by atoms with Crippen LogP contribution in [0.15, 0.2) is 14.7 Å². The number of nitrogens with one attached hydrogen (secondary N) is 1. The zero-order chi connectivity index (χ0) is 15.8. The van der Waals surface area contributed by atoms with Gasteiger partial charge in [0.15, 0.2) is 0 Å². The number of thiophene rings is 1.